The first-order valence-electron chi connectivity index (χ1n) is 7.63. The van der Waals surface area contributed by atoms with Gasteiger partial charge < -0.3 is 14.6 Å². The third-order valence-electron chi connectivity index (χ3n) is 3.69. The van der Waals surface area contributed by atoms with Crippen LogP contribution in [-0.4, -0.2) is 29.4 Å². The number of ether oxygens (including phenoxy) is 2. The van der Waals surface area contributed by atoms with Gasteiger partial charge in [-0.3, -0.25) is 4.90 Å². The maximum absolute atomic E-state index is 13.0. The Hall–Kier alpha value is -2.11. The average Bonchev–Trinajstić information content (AvgIpc) is 2.96. The molecule has 1 aliphatic rings. The largest absolute Gasteiger partial charge is 0.454 e. The topological polar surface area (TPSA) is 41.9 Å². The van der Waals surface area contributed by atoms with Gasteiger partial charge in [-0.05, 0) is 42.3 Å². The Bertz CT molecular complexity index is 658. The lowest BCUT2D eigenvalue weighted by molar-refractivity contribution is 0.118. The van der Waals surface area contributed by atoms with Crippen LogP contribution in [0.5, 0.6) is 11.5 Å². The second-order valence-corrected chi connectivity index (χ2v) is 5.83. The summed E-state index contributed by atoms with van der Waals surface area (Å²) in [6, 6.07) is 12.3. The second kappa shape index (κ2) is 6.98. The molecule has 0 fully saturated rings. The molecule has 0 aromatic heterocycles. The van der Waals surface area contributed by atoms with Gasteiger partial charge in [0.05, 0.1) is 6.10 Å². The van der Waals surface area contributed by atoms with Crippen LogP contribution in [0.2, 0.25) is 0 Å². The van der Waals surface area contributed by atoms with E-state index in [0.29, 0.717) is 19.6 Å². The van der Waals surface area contributed by atoms with Gasteiger partial charge in [-0.25, -0.2) is 4.39 Å². The summed E-state index contributed by atoms with van der Waals surface area (Å²) in [7, 11) is 0. The van der Waals surface area contributed by atoms with E-state index in [9.17, 15) is 9.50 Å². The van der Waals surface area contributed by atoms with Crippen LogP contribution in [0.25, 0.3) is 0 Å². The number of nitrogens with zero attached hydrogens (tertiary/aromatic N) is 1. The minimum Gasteiger partial charge on any atom is -0.454 e. The molecule has 0 aliphatic carbocycles. The molecule has 1 atom stereocenters. The number of benzene rings is 2. The van der Waals surface area contributed by atoms with Crippen LogP contribution in [0, 0.1) is 5.82 Å². The van der Waals surface area contributed by atoms with E-state index in [-0.39, 0.29) is 12.6 Å². The summed E-state index contributed by atoms with van der Waals surface area (Å²) >= 11 is 0. The van der Waals surface area contributed by atoms with Crippen molar-refractivity contribution in [2.24, 2.45) is 0 Å². The van der Waals surface area contributed by atoms with Crippen molar-refractivity contribution in [2.75, 3.05) is 13.3 Å². The van der Waals surface area contributed by atoms with Crippen LogP contribution in [0.15, 0.2) is 42.5 Å². The Balaban J connectivity index is 1.72. The molecule has 1 N–H and O–H groups in total. The van der Waals surface area contributed by atoms with E-state index in [1.165, 1.54) is 12.1 Å². The van der Waals surface area contributed by atoms with Crippen LogP contribution >= 0.6 is 0 Å². The quantitative estimate of drug-likeness (QED) is 0.889. The lowest BCUT2D eigenvalue weighted by Crippen LogP contribution is -2.30. The zero-order chi connectivity index (χ0) is 16.2. The molecule has 0 bridgehead atoms. The molecular formula is C18H20FNO3. The summed E-state index contributed by atoms with van der Waals surface area (Å²) in [5.41, 5.74) is 2.09. The highest BCUT2D eigenvalue weighted by atomic mass is 19.1. The molecule has 23 heavy (non-hydrogen) atoms. The van der Waals surface area contributed by atoms with Gasteiger partial charge in [0, 0.05) is 19.6 Å². The maximum Gasteiger partial charge on any atom is 0.231 e. The number of aliphatic hydroxyl groups is 1. The Morgan fingerprint density at radius 1 is 1.04 bits per heavy atom. The molecule has 1 aliphatic heterocycles. The van der Waals surface area contributed by atoms with Crippen molar-refractivity contribution in [3.8, 4) is 11.5 Å². The highest BCUT2D eigenvalue weighted by Gasteiger charge is 2.15. The van der Waals surface area contributed by atoms with Crippen molar-refractivity contribution < 1.29 is 19.0 Å². The van der Waals surface area contributed by atoms with Gasteiger partial charge in [0.25, 0.3) is 0 Å². The number of aliphatic hydroxyl groups excluding tert-OH is 1. The summed E-state index contributed by atoms with van der Waals surface area (Å²) in [5.74, 6) is 1.27. The summed E-state index contributed by atoms with van der Waals surface area (Å²) in [6.45, 7) is 3.85. The van der Waals surface area contributed by atoms with Gasteiger partial charge in [-0.2, -0.15) is 0 Å². The average molecular weight is 317 g/mol. The molecule has 5 heteroatoms. The number of fused-ring (bicyclic) bond motifs is 1. The summed E-state index contributed by atoms with van der Waals surface area (Å²) < 4.78 is 23.7. The minimum atomic E-state index is -0.440. The lowest BCUT2D eigenvalue weighted by atomic mass is 10.1. The summed E-state index contributed by atoms with van der Waals surface area (Å²) in [4.78, 5) is 2.12. The first-order valence-corrected chi connectivity index (χ1v) is 7.63. The van der Waals surface area contributed by atoms with Crippen LogP contribution in [-0.2, 0) is 13.1 Å². The zero-order valence-corrected chi connectivity index (χ0v) is 13.0. The minimum absolute atomic E-state index is 0.244. The van der Waals surface area contributed by atoms with E-state index in [2.05, 4.69) is 4.90 Å². The van der Waals surface area contributed by atoms with Crippen molar-refractivity contribution in [2.45, 2.75) is 26.1 Å². The number of rotatable bonds is 6. The van der Waals surface area contributed by atoms with Gasteiger partial charge in [0.1, 0.15) is 5.82 Å². The van der Waals surface area contributed by atoms with Crippen LogP contribution < -0.4 is 9.47 Å². The Labute approximate surface area is 135 Å². The van der Waals surface area contributed by atoms with Gasteiger partial charge in [0.15, 0.2) is 11.5 Å². The van der Waals surface area contributed by atoms with Gasteiger partial charge >= 0.3 is 0 Å². The van der Waals surface area contributed by atoms with E-state index >= 15 is 0 Å². The Morgan fingerprint density at radius 3 is 2.43 bits per heavy atom. The van der Waals surface area contributed by atoms with Crippen LogP contribution in [0.1, 0.15) is 18.1 Å². The molecule has 4 nitrogen and oxygen atoms in total. The standard InChI is InChI=1S/C18H20FNO3/c1-13(21)9-20(10-14-2-5-16(19)6-3-14)11-15-4-7-17-18(8-15)23-12-22-17/h2-8,13,21H,9-12H2,1H3/t13-/m1/s1. The zero-order valence-electron chi connectivity index (χ0n) is 13.0. The SMILES string of the molecule is C[C@@H](O)CN(Cc1ccc(F)cc1)Cc1ccc2c(c1)OCO2. The van der Waals surface area contributed by atoms with Crippen molar-refractivity contribution in [1.29, 1.82) is 0 Å². The molecule has 2 aromatic carbocycles. The van der Waals surface area contributed by atoms with Crippen molar-refractivity contribution in [3.63, 3.8) is 0 Å². The molecule has 0 saturated heterocycles. The molecule has 0 amide bonds. The van der Waals surface area contributed by atoms with Crippen LogP contribution in [0.4, 0.5) is 4.39 Å². The third-order valence-corrected chi connectivity index (χ3v) is 3.69. The first-order chi connectivity index (χ1) is 11.1. The normalized spacial score (nSPS) is 14.3. The predicted molar refractivity (Wildman–Crippen MR) is 84.8 cm³/mol. The molecule has 122 valence electrons. The molecular weight excluding hydrogens is 297 g/mol. The van der Waals surface area contributed by atoms with E-state index in [1.807, 2.05) is 18.2 Å². The Morgan fingerprint density at radius 2 is 1.70 bits per heavy atom. The lowest BCUT2D eigenvalue weighted by Gasteiger charge is -2.24. The molecule has 2 aromatic rings. The first kappa shape index (κ1) is 15.8. The van der Waals surface area contributed by atoms with Crippen molar-refractivity contribution in [1.82, 2.24) is 4.90 Å². The second-order valence-electron chi connectivity index (χ2n) is 5.83. The van der Waals surface area contributed by atoms with E-state index in [0.717, 1.165) is 22.6 Å². The molecule has 3 rings (SSSR count). The Kier molecular flexibility index (Phi) is 4.79. The fraction of sp³-hybridized carbons (Fsp3) is 0.333. The molecule has 0 radical (unpaired) electrons. The predicted octanol–water partition coefficient (Wildman–Crippen LogP) is 2.94. The highest BCUT2D eigenvalue weighted by molar-refractivity contribution is 5.44. The number of halogens is 1. The number of hydrogen-bond donors (Lipinski definition) is 1. The van der Waals surface area contributed by atoms with Crippen molar-refractivity contribution in [3.05, 3.63) is 59.4 Å². The van der Waals surface area contributed by atoms with Gasteiger partial charge in [-0.1, -0.05) is 18.2 Å². The summed E-state index contributed by atoms with van der Waals surface area (Å²) in [6.07, 6.45) is -0.440. The number of hydrogen-bond acceptors (Lipinski definition) is 4. The van der Waals surface area contributed by atoms with E-state index in [1.54, 1.807) is 19.1 Å². The van der Waals surface area contributed by atoms with Gasteiger partial charge in [0.2, 0.25) is 6.79 Å². The fourth-order valence-electron chi connectivity index (χ4n) is 2.70. The van der Waals surface area contributed by atoms with Crippen LogP contribution in [0.3, 0.4) is 0 Å². The highest BCUT2D eigenvalue weighted by Crippen LogP contribution is 2.32. The third kappa shape index (κ3) is 4.21. The summed E-state index contributed by atoms with van der Waals surface area (Å²) in [5, 5.41) is 9.73. The van der Waals surface area contributed by atoms with E-state index in [4.69, 9.17) is 9.47 Å². The smallest absolute Gasteiger partial charge is 0.231 e. The molecule has 0 spiro atoms. The fourth-order valence-corrected chi connectivity index (χ4v) is 2.70. The molecule has 0 saturated carbocycles. The van der Waals surface area contributed by atoms with Crippen molar-refractivity contribution >= 4 is 0 Å². The molecule has 0 unspecified atom stereocenters. The van der Waals surface area contributed by atoms with Gasteiger partial charge in [-0.15, -0.1) is 0 Å². The maximum atomic E-state index is 13.0. The molecule has 1 heterocycles. The monoisotopic (exact) mass is 317 g/mol. The van der Waals surface area contributed by atoms with E-state index < -0.39 is 6.10 Å².